The van der Waals surface area contributed by atoms with E-state index in [1.54, 1.807) is 12.1 Å². The highest BCUT2D eigenvalue weighted by Crippen LogP contribution is 2.18. The molecule has 1 aliphatic rings. The monoisotopic (exact) mass is 278 g/mol. The normalized spacial score (nSPS) is 19.4. The molecule has 1 aliphatic heterocycles. The third-order valence-corrected chi connectivity index (χ3v) is 4.07. The van der Waals surface area contributed by atoms with E-state index >= 15 is 0 Å². The summed E-state index contributed by atoms with van der Waals surface area (Å²) in [6.07, 6.45) is 2.41. The van der Waals surface area contributed by atoms with E-state index in [-0.39, 0.29) is 11.9 Å². The summed E-state index contributed by atoms with van der Waals surface area (Å²) >= 11 is 0. The molecule has 1 atom stereocenters. The first-order valence-electron chi connectivity index (χ1n) is 7.78. The van der Waals surface area contributed by atoms with E-state index in [1.807, 2.05) is 12.1 Å². The van der Waals surface area contributed by atoms with Crippen LogP contribution in [0.2, 0.25) is 0 Å². The summed E-state index contributed by atoms with van der Waals surface area (Å²) in [5, 5.41) is 3.68. The smallest absolute Gasteiger partial charge is 0.123 e. The van der Waals surface area contributed by atoms with Gasteiger partial charge < -0.3 is 10.2 Å². The Labute approximate surface area is 122 Å². The number of halogens is 1. The van der Waals surface area contributed by atoms with Crippen LogP contribution in [0.15, 0.2) is 24.3 Å². The lowest BCUT2D eigenvalue weighted by Crippen LogP contribution is -2.44. The Balaban J connectivity index is 1.79. The minimum atomic E-state index is -0.164. The molecule has 1 N–H and O–H groups in total. The topological polar surface area (TPSA) is 15.3 Å². The van der Waals surface area contributed by atoms with Gasteiger partial charge in [0.2, 0.25) is 0 Å². The van der Waals surface area contributed by atoms with Gasteiger partial charge in [-0.1, -0.05) is 26.0 Å². The van der Waals surface area contributed by atoms with Crippen LogP contribution in [0.1, 0.15) is 45.2 Å². The van der Waals surface area contributed by atoms with Gasteiger partial charge in [0.1, 0.15) is 5.82 Å². The lowest BCUT2D eigenvalue weighted by Gasteiger charge is -2.34. The fourth-order valence-corrected chi connectivity index (χ4v) is 3.00. The standard InChI is InChI=1S/C17H27FN2/c1-13(2)12-20-10-8-17(9-11-20)19-14(3)15-4-6-16(18)7-5-15/h4-7,13-14,17,19H,8-12H2,1-3H3/t14-/m0/s1. The third-order valence-electron chi connectivity index (χ3n) is 4.07. The van der Waals surface area contributed by atoms with Gasteiger partial charge in [-0.15, -0.1) is 0 Å². The molecule has 0 spiro atoms. The average molecular weight is 278 g/mol. The minimum absolute atomic E-state index is 0.164. The van der Waals surface area contributed by atoms with Crippen molar-refractivity contribution in [3.8, 4) is 0 Å². The highest BCUT2D eigenvalue weighted by molar-refractivity contribution is 5.19. The van der Waals surface area contributed by atoms with E-state index in [0.29, 0.717) is 6.04 Å². The van der Waals surface area contributed by atoms with Gasteiger partial charge in [0.25, 0.3) is 0 Å². The Bertz CT molecular complexity index is 394. The molecule has 1 saturated heterocycles. The van der Waals surface area contributed by atoms with Crippen LogP contribution in [0.25, 0.3) is 0 Å². The van der Waals surface area contributed by atoms with Crippen molar-refractivity contribution in [2.24, 2.45) is 5.92 Å². The number of hydrogen-bond acceptors (Lipinski definition) is 2. The number of likely N-dealkylation sites (tertiary alicyclic amines) is 1. The Hall–Kier alpha value is -0.930. The van der Waals surface area contributed by atoms with Crippen molar-refractivity contribution < 1.29 is 4.39 Å². The first kappa shape index (κ1) is 15.5. The molecule has 0 unspecified atom stereocenters. The molecular weight excluding hydrogens is 251 g/mol. The van der Waals surface area contributed by atoms with Crippen LogP contribution >= 0.6 is 0 Å². The Morgan fingerprint density at radius 1 is 1.15 bits per heavy atom. The fourth-order valence-electron chi connectivity index (χ4n) is 3.00. The zero-order valence-corrected chi connectivity index (χ0v) is 12.9. The second kappa shape index (κ2) is 7.19. The number of piperidine rings is 1. The van der Waals surface area contributed by atoms with Crippen molar-refractivity contribution in [2.75, 3.05) is 19.6 Å². The van der Waals surface area contributed by atoms with Gasteiger partial charge in [-0.2, -0.15) is 0 Å². The van der Waals surface area contributed by atoms with Crippen LogP contribution < -0.4 is 5.32 Å². The number of rotatable bonds is 5. The predicted molar refractivity (Wildman–Crippen MR) is 82.3 cm³/mol. The van der Waals surface area contributed by atoms with Gasteiger partial charge in [0, 0.05) is 18.6 Å². The molecule has 0 radical (unpaired) electrons. The van der Waals surface area contributed by atoms with Crippen LogP contribution in [0.3, 0.4) is 0 Å². The molecule has 0 saturated carbocycles. The maximum Gasteiger partial charge on any atom is 0.123 e. The molecule has 1 aromatic rings. The second-order valence-corrected chi connectivity index (χ2v) is 6.41. The van der Waals surface area contributed by atoms with E-state index in [9.17, 15) is 4.39 Å². The summed E-state index contributed by atoms with van der Waals surface area (Å²) in [4.78, 5) is 2.56. The lowest BCUT2D eigenvalue weighted by atomic mass is 10.0. The van der Waals surface area contributed by atoms with Crippen molar-refractivity contribution >= 4 is 0 Å². The molecule has 1 heterocycles. The Kier molecular flexibility index (Phi) is 5.55. The van der Waals surface area contributed by atoms with E-state index in [2.05, 4.69) is 31.0 Å². The van der Waals surface area contributed by atoms with Gasteiger partial charge in [0.05, 0.1) is 0 Å². The quantitative estimate of drug-likeness (QED) is 0.885. The number of nitrogens with one attached hydrogen (secondary N) is 1. The van der Waals surface area contributed by atoms with E-state index in [1.165, 1.54) is 32.5 Å². The van der Waals surface area contributed by atoms with Crippen LogP contribution in [0.4, 0.5) is 4.39 Å². The molecule has 1 fully saturated rings. The second-order valence-electron chi connectivity index (χ2n) is 6.41. The average Bonchev–Trinajstić information content (AvgIpc) is 2.41. The molecule has 0 bridgehead atoms. The molecule has 2 rings (SSSR count). The maximum atomic E-state index is 12.9. The zero-order chi connectivity index (χ0) is 14.5. The Morgan fingerprint density at radius 3 is 2.30 bits per heavy atom. The number of nitrogens with zero attached hydrogens (tertiary/aromatic N) is 1. The first-order valence-corrected chi connectivity index (χ1v) is 7.78. The molecule has 0 aromatic heterocycles. The maximum absolute atomic E-state index is 12.9. The van der Waals surface area contributed by atoms with E-state index in [4.69, 9.17) is 0 Å². The molecule has 0 aliphatic carbocycles. The lowest BCUT2D eigenvalue weighted by molar-refractivity contribution is 0.175. The minimum Gasteiger partial charge on any atom is -0.307 e. The third kappa shape index (κ3) is 4.57. The molecule has 2 nitrogen and oxygen atoms in total. The van der Waals surface area contributed by atoms with Gasteiger partial charge >= 0.3 is 0 Å². The van der Waals surface area contributed by atoms with Crippen molar-refractivity contribution in [3.63, 3.8) is 0 Å². The van der Waals surface area contributed by atoms with Crippen LogP contribution in [0.5, 0.6) is 0 Å². The number of benzene rings is 1. The summed E-state index contributed by atoms with van der Waals surface area (Å²) in [6, 6.07) is 7.70. The molecule has 1 aromatic carbocycles. The summed E-state index contributed by atoms with van der Waals surface area (Å²) < 4.78 is 12.9. The van der Waals surface area contributed by atoms with E-state index in [0.717, 1.165) is 11.5 Å². The zero-order valence-electron chi connectivity index (χ0n) is 12.9. The van der Waals surface area contributed by atoms with Crippen LogP contribution in [0, 0.1) is 11.7 Å². The molecule has 0 amide bonds. The molecular formula is C17H27FN2. The highest BCUT2D eigenvalue weighted by Gasteiger charge is 2.21. The van der Waals surface area contributed by atoms with Crippen molar-refractivity contribution in [3.05, 3.63) is 35.6 Å². The Morgan fingerprint density at radius 2 is 1.75 bits per heavy atom. The fraction of sp³-hybridized carbons (Fsp3) is 0.647. The largest absolute Gasteiger partial charge is 0.307 e. The van der Waals surface area contributed by atoms with E-state index < -0.39 is 0 Å². The highest BCUT2D eigenvalue weighted by atomic mass is 19.1. The van der Waals surface area contributed by atoms with Gasteiger partial charge in [-0.05, 0) is 56.5 Å². The SMILES string of the molecule is CC(C)CN1CCC(N[C@@H](C)c2ccc(F)cc2)CC1. The summed E-state index contributed by atoms with van der Waals surface area (Å²) in [6.45, 7) is 10.3. The molecule has 20 heavy (non-hydrogen) atoms. The van der Waals surface area contributed by atoms with Gasteiger partial charge in [0.15, 0.2) is 0 Å². The summed E-state index contributed by atoms with van der Waals surface area (Å²) in [5.74, 6) is 0.584. The van der Waals surface area contributed by atoms with Gasteiger partial charge in [-0.3, -0.25) is 0 Å². The van der Waals surface area contributed by atoms with Crippen molar-refractivity contribution in [2.45, 2.75) is 45.7 Å². The summed E-state index contributed by atoms with van der Waals surface area (Å²) in [7, 11) is 0. The number of hydrogen-bond donors (Lipinski definition) is 1. The van der Waals surface area contributed by atoms with Crippen LogP contribution in [-0.4, -0.2) is 30.6 Å². The van der Waals surface area contributed by atoms with Crippen molar-refractivity contribution in [1.82, 2.24) is 10.2 Å². The molecule has 112 valence electrons. The van der Waals surface area contributed by atoms with Gasteiger partial charge in [-0.25, -0.2) is 4.39 Å². The summed E-state index contributed by atoms with van der Waals surface area (Å²) in [5.41, 5.74) is 1.16. The van der Waals surface area contributed by atoms with Crippen LogP contribution in [-0.2, 0) is 0 Å². The molecule has 3 heteroatoms. The predicted octanol–water partition coefficient (Wildman–Crippen LogP) is 3.60. The van der Waals surface area contributed by atoms with Crippen molar-refractivity contribution in [1.29, 1.82) is 0 Å². The first-order chi connectivity index (χ1) is 9.54.